The molecule has 5 heterocycles. The topological polar surface area (TPSA) is 93.7 Å². The van der Waals surface area contributed by atoms with E-state index in [1.807, 2.05) is 73.9 Å². The first-order valence-electron chi connectivity index (χ1n) is 13.7. The lowest BCUT2D eigenvalue weighted by Gasteiger charge is -2.45. The summed E-state index contributed by atoms with van der Waals surface area (Å²) in [5.74, 6) is 0. The van der Waals surface area contributed by atoms with Crippen molar-refractivity contribution >= 4 is 40.1 Å². The lowest BCUT2D eigenvalue weighted by Crippen LogP contribution is -2.59. The number of pyridine rings is 2. The van der Waals surface area contributed by atoms with Crippen molar-refractivity contribution in [3.8, 4) is 11.1 Å². The summed E-state index contributed by atoms with van der Waals surface area (Å²) in [6, 6.07) is 12.4. The molecule has 0 radical (unpaired) electrons. The molecule has 11 heteroatoms. The summed E-state index contributed by atoms with van der Waals surface area (Å²) in [4.78, 5) is 22.8. The van der Waals surface area contributed by atoms with Gasteiger partial charge in [0.25, 0.3) is 0 Å². The molecule has 4 aromatic heterocycles. The number of aromatic nitrogens is 6. The second-order valence-corrected chi connectivity index (χ2v) is 12.7. The summed E-state index contributed by atoms with van der Waals surface area (Å²) in [5.41, 5.74) is 4.33. The van der Waals surface area contributed by atoms with Crippen LogP contribution in [0, 0.1) is 0 Å². The van der Waals surface area contributed by atoms with Crippen molar-refractivity contribution < 1.29 is 9.53 Å². The van der Waals surface area contributed by atoms with Crippen molar-refractivity contribution in [2.24, 2.45) is 7.05 Å². The van der Waals surface area contributed by atoms with E-state index in [1.54, 1.807) is 16.4 Å². The number of carbonyl (C=O) groups excluding carboxylic acids is 1. The number of carbonyl (C=O) groups is 1. The molecule has 0 aliphatic carbocycles. The number of aryl methyl sites for hydroxylation is 1. The van der Waals surface area contributed by atoms with Gasteiger partial charge in [-0.05, 0) is 82.8 Å². The summed E-state index contributed by atoms with van der Waals surface area (Å²) in [7, 11) is 1.91. The Balaban J connectivity index is 1.23. The Kier molecular flexibility index (Phi) is 6.85. The zero-order valence-electron chi connectivity index (χ0n) is 24.1. The van der Waals surface area contributed by atoms with Crippen molar-refractivity contribution in [1.82, 2.24) is 34.3 Å². The molecule has 0 N–H and O–H groups in total. The molecule has 10 nitrogen and oxygen atoms in total. The Morgan fingerprint density at radius 2 is 1.76 bits per heavy atom. The zero-order chi connectivity index (χ0) is 28.9. The fraction of sp³-hybridized carbons (Fsp3) is 0.367. The molecule has 6 rings (SSSR count). The number of nitrogens with zero attached hydrogens (tertiary/aromatic N) is 8. The minimum atomic E-state index is -0.522. The van der Waals surface area contributed by atoms with Gasteiger partial charge in [-0.1, -0.05) is 0 Å². The molecule has 41 heavy (non-hydrogen) atoms. The van der Waals surface area contributed by atoms with Gasteiger partial charge in [0.2, 0.25) is 0 Å². The summed E-state index contributed by atoms with van der Waals surface area (Å²) in [6.45, 7) is 11.2. The molecule has 5 aromatic rings. The van der Waals surface area contributed by atoms with Gasteiger partial charge in [0.1, 0.15) is 5.60 Å². The maximum atomic E-state index is 12.8. The van der Waals surface area contributed by atoms with Crippen molar-refractivity contribution in [2.45, 2.75) is 62.4 Å². The van der Waals surface area contributed by atoms with E-state index < -0.39 is 5.60 Å². The van der Waals surface area contributed by atoms with Gasteiger partial charge in [-0.2, -0.15) is 5.10 Å². The number of anilines is 1. The molecular weight excluding hydrogens is 536 g/mol. The molecule has 0 saturated carbocycles. The van der Waals surface area contributed by atoms with Gasteiger partial charge in [0.15, 0.2) is 10.8 Å². The van der Waals surface area contributed by atoms with Crippen LogP contribution >= 0.6 is 11.8 Å². The molecule has 1 fully saturated rings. The molecule has 1 amide bonds. The molecule has 0 spiro atoms. The van der Waals surface area contributed by atoms with E-state index in [2.05, 4.69) is 58.4 Å². The lowest BCUT2D eigenvalue weighted by molar-refractivity contribution is 0.00566. The van der Waals surface area contributed by atoms with Gasteiger partial charge < -0.3 is 9.64 Å². The van der Waals surface area contributed by atoms with Crippen LogP contribution in [0.2, 0.25) is 0 Å². The van der Waals surface area contributed by atoms with Crippen molar-refractivity contribution in [3.63, 3.8) is 0 Å². The highest BCUT2D eigenvalue weighted by Gasteiger charge is 2.35. The van der Waals surface area contributed by atoms with E-state index >= 15 is 0 Å². The second kappa shape index (κ2) is 10.4. The van der Waals surface area contributed by atoms with E-state index in [0.29, 0.717) is 13.1 Å². The van der Waals surface area contributed by atoms with Crippen LogP contribution in [-0.4, -0.2) is 71.1 Å². The third-order valence-electron chi connectivity index (χ3n) is 7.15. The van der Waals surface area contributed by atoms with E-state index in [4.69, 9.17) is 9.72 Å². The van der Waals surface area contributed by atoms with Crippen LogP contribution in [0.3, 0.4) is 0 Å². The smallest absolute Gasteiger partial charge is 0.410 e. The first-order chi connectivity index (χ1) is 19.5. The fourth-order valence-corrected chi connectivity index (χ4v) is 6.19. The van der Waals surface area contributed by atoms with Crippen LogP contribution in [0.4, 0.5) is 10.5 Å². The maximum Gasteiger partial charge on any atom is 0.410 e. The van der Waals surface area contributed by atoms with Crippen LogP contribution in [-0.2, 0) is 11.8 Å². The molecule has 0 unspecified atom stereocenters. The number of fused-ring (bicyclic) bond motifs is 2. The summed E-state index contributed by atoms with van der Waals surface area (Å²) >= 11 is 1.57. The Morgan fingerprint density at radius 1 is 0.976 bits per heavy atom. The molecular formula is C30H34N8O2S. The van der Waals surface area contributed by atoms with Gasteiger partial charge in [0.05, 0.1) is 35.7 Å². The van der Waals surface area contributed by atoms with Gasteiger partial charge in [-0.25, -0.2) is 4.79 Å². The van der Waals surface area contributed by atoms with Crippen LogP contribution in [0.5, 0.6) is 0 Å². The molecule has 212 valence electrons. The number of rotatable bonds is 4. The molecule has 1 aliphatic rings. The maximum absolute atomic E-state index is 12.8. The largest absolute Gasteiger partial charge is 0.444 e. The summed E-state index contributed by atoms with van der Waals surface area (Å²) in [5, 5.41) is 14.9. The van der Waals surface area contributed by atoms with Crippen molar-refractivity contribution in [1.29, 1.82) is 0 Å². The first kappa shape index (κ1) is 27.1. The molecule has 1 aromatic carbocycles. The number of hydrogen-bond acceptors (Lipinski definition) is 8. The van der Waals surface area contributed by atoms with E-state index in [9.17, 15) is 4.79 Å². The SMILES string of the molecule is C[C@@H]1CN(c2cnc3ccc(Sc4nnc5ccc(-c6cnn(C)c6)cn45)cc3c2)C[C@H](C)N1C(=O)OC(C)(C)C. The van der Waals surface area contributed by atoms with Crippen LogP contribution in [0.15, 0.2) is 71.2 Å². The van der Waals surface area contributed by atoms with Crippen molar-refractivity contribution in [2.75, 3.05) is 18.0 Å². The van der Waals surface area contributed by atoms with E-state index in [-0.39, 0.29) is 18.2 Å². The third kappa shape index (κ3) is 5.58. The normalized spacial score (nSPS) is 17.9. The van der Waals surface area contributed by atoms with E-state index in [0.717, 1.165) is 43.4 Å². The number of hydrogen-bond donors (Lipinski definition) is 0. The van der Waals surface area contributed by atoms with Gasteiger partial charge in [-0.3, -0.25) is 19.0 Å². The average molecular weight is 571 g/mol. The predicted molar refractivity (Wildman–Crippen MR) is 160 cm³/mol. The lowest BCUT2D eigenvalue weighted by atomic mass is 10.1. The Hall–Kier alpha value is -4.12. The fourth-order valence-electron chi connectivity index (χ4n) is 5.33. The predicted octanol–water partition coefficient (Wildman–Crippen LogP) is 5.66. The Morgan fingerprint density at radius 3 is 2.46 bits per heavy atom. The van der Waals surface area contributed by atoms with Crippen LogP contribution in [0.25, 0.3) is 27.7 Å². The average Bonchev–Trinajstić information content (AvgIpc) is 3.52. The van der Waals surface area contributed by atoms with Crippen LogP contribution in [0.1, 0.15) is 34.6 Å². The van der Waals surface area contributed by atoms with Crippen LogP contribution < -0.4 is 4.90 Å². The van der Waals surface area contributed by atoms with Gasteiger partial charge >= 0.3 is 6.09 Å². The highest BCUT2D eigenvalue weighted by atomic mass is 32.2. The molecule has 1 saturated heterocycles. The quantitative estimate of drug-likeness (QED) is 0.273. The summed E-state index contributed by atoms with van der Waals surface area (Å²) in [6.07, 6.45) is 7.55. The van der Waals surface area contributed by atoms with Gasteiger partial charge in [-0.15, -0.1) is 10.2 Å². The van der Waals surface area contributed by atoms with Gasteiger partial charge in [0, 0.05) is 53.9 Å². The van der Waals surface area contributed by atoms with Crippen molar-refractivity contribution in [3.05, 3.63) is 61.2 Å². The third-order valence-corrected chi connectivity index (χ3v) is 8.10. The minimum Gasteiger partial charge on any atom is -0.444 e. The monoisotopic (exact) mass is 570 g/mol. The zero-order valence-corrected chi connectivity index (χ0v) is 25.0. The minimum absolute atomic E-state index is 0.00367. The number of ether oxygens (including phenoxy) is 1. The Bertz CT molecular complexity index is 1730. The number of benzene rings is 1. The van der Waals surface area contributed by atoms with E-state index in [1.165, 1.54) is 0 Å². The highest BCUT2D eigenvalue weighted by molar-refractivity contribution is 7.99. The Labute approximate surface area is 243 Å². The molecule has 2 atom stereocenters. The second-order valence-electron chi connectivity index (χ2n) is 11.7. The molecule has 0 bridgehead atoms. The number of amides is 1. The molecule has 1 aliphatic heterocycles. The first-order valence-corrected chi connectivity index (χ1v) is 14.5. The summed E-state index contributed by atoms with van der Waals surface area (Å²) < 4.78 is 9.47. The highest BCUT2D eigenvalue weighted by Crippen LogP contribution is 2.32. The number of piperazine rings is 1. The standard InChI is InChI=1S/C30H34N8O2S/c1-19-15-36(16-20(2)38(19)29(39)40-30(3,4)5)24-11-22-12-25(8-9-26(22)31-14-24)41-28-34-33-27-10-7-21(18-37(27)28)23-13-32-35(6)17-23/h7-14,17-20H,15-16H2,1-6H3/t19-,20+.